The molecule has 232 valence electrons. The Bertz CT molecular complexity index is 1340. The number of methoxy groups -OCH3 is 1. The summed E-state index contributed by atoms with van der Waals surface area (Å²) in [6.07, 6.45) is -0.455. The first kappa shape index (κ1) is 33.7. The van der Waals surface area contributed by atoms with Crippen LogP contribution in [0.3, 0.4) is 0 Å². The number of ether oxygens (including phenoxy) is 2. The Labute approximate surface area is 252 Å². The summed E-state index contributed by atoms with van der Waals surface area (Å²) in [7, 11) is 1.29. The molecule has 0 spiro atoms. The summed E-state index contributed by atoms with van der Waals surface area (Å²) in [5, 5.41) is 2.67. The number of unbranched alkanes of at least 4 members (excludes halogenated alkanes) is 3. The van der Waals surface area contributed by atoms with E-state index in [9.17, 15) is 22.8 Å². The van der Waals surface area contributed by atoms with Gasteiger partial charge in [0.1, 0.15) is 11.9 Å². The average Bonchev–Trinajstić information content (AvgIpc) is 2.97. The lowest BCUT2D eigenvalue weighted by Gasteiger charge is -2.22. The van der Waals surface area contributed by atoms with Gasteiger partial charge in [-0.1, -0.05) is 89.4 Å². The first-order valence-electron chi connectivity index (χ1n) is 14.8. The second-order valence-electron chi connectivity index (χ2n) is 11.7. The average molecular weight is 598 g/mol. The number of carbonyl (C=O) groups is 2. The Morgan fingerprint density at radius 1 is 0.884 bits per heavy atom. The Hall–Kier alpha value is -3.81. The molecule has 0 heterocycles. The second kappa shape index (κ2) is 15.1. The third-order valence-electron chi connectivity index (χ3n) is 7.34. The fourth-order valence-electron chi connectivity index (χ4n) is 4.78. The Balaban J connectivity index is 1.85. The SMILES string of the molecule is CCCCCCC(Oc1ccc(-c2ccc(C(C)(C)C)cc2)c(C(F)(F)F)c1)c1ccc(C(=O)NCCC(=O)OC)cc1. The van der Waals surface area contributed by atoms with Crippen LogP contribution in [0.1, 0.15) is 99.4 Å². The summed E-state index contributed by atoms with van der Waals surface area (Å²) < 4.78 is 53.7. The van der Waals surface area contributed by atoms with E-state index in [0.717, 1.165) is 42.9 Å². The Morgan fingerprint density at radius 3 is 2.14 bits per heavy atom. The van der Waals surface area contributed by atoms with Gasteiger partial charge in [0.2, 0.25) is 0 Å². The number of nitrogens with one attached hydrogen (secondary N) is 1. The maximum absolute atomic E-state index is 14.3. The molecule has 0 aliphatic rings. The minimum atomic E-state index is -4.57. The molecule has 0 aromatic heterocycles. The molecule has 0 bridgehead atoms. The third kappa shape index (κ3) is 9.87. The highest BCUT2D eigenvalue weighted by atomic mass is 19.4. The van der Waals surface area contributed by atoms with E-state index in [2.05, 4.69) is 37.7 Å². The molecule has 5 nitrogen and oxygen atoms in total. The lowest BCUT2D eigenvalue weighted by atomic mass is 9.86. The fourth-order valence-corrected chi connectivity index (χ4v) is 4.78. The van der Waals surface area contributed by atoms with Crippen LogP contribution < -0.4 is 10.1 Å². The van der Waals surface area contributed by atoms with Gasteiger partial charge in [0, 0.05) is 12.1 Å². The van der Waals surface area contributed by atoms with Crippen LogP contribution in [0.5, 0.6) is 5.75 Å². The summed E-state index contributed by atoms with van der Waals surface area (Å²) >= 11 is 0. The van der Waals surface area contributed by atoms with Gasteiger partial charge in [0.25, 0.3) is 5.91 Å². The number of amides is 1. The second-order valence-corrected chi connectivity index (χ2v) is 11.7. The zero-order valence-corrected chi connectivity index (χ0v) is 25.6. The van der Waals surface area contributed by atoms with Crippen molar-refractivity contribution in [3.05, 3.63) is 89.0 Å². The first-order valence-corrected chi connectivity index (χ1v) is 14.8. The molecule has 0 saturated heterocycles. The number of rotatable bonds is 13. The third-order valence-corrected chi connectivity index (χ3v) is 7.34. The van der Waals surface area contributed by atoms with Gasteiger partial charge in [-0.25, -0.2) is 0 Å². The van der Waals surface area contributed by atoms with Gasteiger partial charge in [-0.3, -0.25) is 9.59 Å². The lowest BCUT2D eigenvalue weighted by molar-refractivity contribution is -0.140. The number of benzene rings is 3. The number of hydrogen-bond acceptors (Lipinski definition) is 4. The van der Waals surface area contributed by atoms with Crippen LogP contribution in [0.4, 0.5) is 13.2 Å². The van der Waals surface area contributed by atoms with Gasteiger partial charge in [0.15, 0.2) is 0 Å². The molecule has 0 radical (unpaired) electrons. The topological polar surface area (TPSA) is 64.6 Å². The van der Waals surface area contributed by atoms with E-state index in [0.29, 0.717) is 17.5 Å². The van der Waals surface area contributed by atoms with E-state index in [1.807, 2.05) is 12.1 Å². The number of alkyl halides is 3. The molecular weight excluding hydrogens is 555 g/mol. The van der Waals surface area contributed by atoms with E-state index >= 15 is 0 Å². The van der Waals surface area contributed by atoms with Crippen molar-refractivity contribution in [3.8, 4) is 16.9 Å². The van der Waals surface area contributed by atoms with Crippen molar-refractivity contribution >= 4 is 11.9 Å². The molecule has 43 heavy (non-hydrogen) atoms. The van der Waals surface area contributed by atoms with Gasteiger partial charge in [-0.05, 0) is 64.8 Å². The molecule has 0 fully saturated rings. The zero-order chi connectivity index (χ0) is 31.6. The quantitative estimate of drug-likeness (QED) is 0.158. The zero-order valence-electron chi connectivity index (χ0n) is 25.6. The highest BCUT2D eigenvalue weighted by Gasteiger charge is 2.34. The van der Waals surface area contributed by atoms with Gasteiger partial charge in [-0.2, -0.15) is 13.2 Å². The molecular formula is C35H42F3NO4. The molecule has 1 atom stereocenters. The predicted octanol–water partition coefficient (Wildman–Crippen LogP) is 9.05. The fraction of sp³-hybridized carbons (Fsp3) is 0.429. The van der Waals surface area contributed by atoms with Crippen molar-refractivity contribution in [1.29, 1.82) is 0 Å². The van der Waals surface area contributed by atoms with Gasteiger partial charge < -0.3 is 14.8 Å². The van der Waals surface area contributed by atoms with Crippen molar-refractivity contribution < 1.29 is 32.2 Å². The van der Waals surface area contributed by atoms with Crippen LogP contribution in [-0.2, 0) is 21.1 Å². The van der Waals surface area contributed by atoms with Crippen molar-refractivity contribution in [1.82, 2.24) is 5.32 Å². The molecule has 3 aromatic rings. The smallest absolute Gasteiger partial charge is 0.417 e. The molecule has 8 heteroatoms. The van der Waals surface area contributed by atoms with Crippen molar-refractivity contribution in [2.45, 2.75) is 83.9 Å². The van der Waals surface area contributed by atoms with Crippen LogP contribution in [0.2, 0.25) is 0 Å². The molecule has 0 aliphatic carbocycles. The number of carbonyl (C=O) groups excluding carboxylic acids is 2. The van der Waals surface area contributed by atoms with E-state index in [4.69, 9.17) is 4.74 Å². The summed E-state index contributed by atoms with van der Waals surface area (Å²) in [6, 6.07) is 18.2. The number of halogens is 3. The summed E-state index contributed by atoms with van der Waals surface area (Å²) in [6.45, 7) is 8.44. The number of esters is 1. The van der Waals surface area contributed by atoms with Crippen molar-refractivity contribution in [2.24, 2.45) is 0 Å². The molecule has 1 amide bonds. The molecule has 1 N–H and O–H groups in total. The highest BCUT2D eigenvalue weighted by Crippen LogP contribution is 2.41. The molecule has 3 rings (SSSR count). The van der Waals surface area contributed by atoms with Crippen LogP contribution in [-0.4, -0.2) is 25.5 Å². The van der Waals surface area contributed by atoms with Gasteiger partial charge in [0.05, 0.1) is 19.1 Å². The van der Waals surface area contributed by atoms with E-state index in [1.54, 1.807) is 42.5 Å². The van der Waals surface area contributed by atoms with Crippen LogP contribution in [0, 0.1) is 0 Å². The normalized spacial score (nSPS) is 12.5. The first-order chi connectivity index (χ1) is 20.3. The van der Waals surface area contributed by atoms with E-state index in [-0.39, 0.29) is 35.6 Å². The predicted molar refractivity (Wildman–Crippen MR) is 163 cm³/mol. The minimum Gasteiger partial charge on any atom is -0.486 e. The largest absolute Gasteiger partial charge is 0.486 e. The lowest BCUT2D eigenvalue weighted by Crippen LogP contribution is -2.26. The minimum absolute atomic E-state index is 0.0644. The molecule has 3 aromatic carbocycles. The Morgan fingerprint density at radius 2 is 1.56 bits per heavy atom. The van der Waals surface area contributed by atoms with E-state index in [1.165, 1.54) is 13.2 Å². The standard InChI is InChI=1S/C35H42F3NO4/c1-6-7-8-9-10-31(25-11-13-26(14-12-25)33(41)39-22-21-32(40)42-5)43-28-19-20-29(30(23-28)35(36,37)38)24-15-17-27(18-16-24)34(2,3)4/h11-20,23,31H,6-10,21-22H2,1-5H3,(H,39,41). The maximum Gasteiger partial charge on any atom is 0.417 e. The van der Waals surface area contributed by atoms with E-state index < -0.39 is 23.8 Å². The molecule has 0 saturated carbocycles. The summed E-state index contributed by atoms with van der Waals surface area (Å²) in [4.78, 5) is 23.8. The Kier molecular flexibility index (Phi) is 11.8. The van der Waals surface area contributed by atoms with Crippen LogP contribution in [0.25, 0.3) is 11.1 Å². The summed E-state index contributed by atoms with van der Waals surface area (Å²) in [5.41, 5.74) is 1.93. The highest BCUT2D eigenvalue weighted by molar-refractivity contribution is 5.94. The van der Waals surface area contributed by atoms with Gasteiger partial charge >= 0.3 is 12.1 Å². The molecule has 0 aliphatic heterocycles. The number of hydrogen-bond donors (Lipinski definition) is 1. The van der Waals surface area contributed by atoms with Gasteiger partial charge in [-0.15, -0.1) is 0 Å². The monoisotopic (exact) mass is 597 g/mol. The van der Waals surface area contributed by atoms with Crippen LogP contribution >= 0.6 is 0 Å². The maximum atomic E-state index is 14.3. The van der Waals surface area contributed by atoms with Crippen LogP contribution in [0.15, 0.2) is 66.7 Å². The molecule has 1 unspecified atom stereocenters. The van der Waals surface area contributed by atoms with Crippen molar-refractivity contribution in [3.63, 3.8) is 0 Å². The van der Waals surface area contributed by atoms with Crippen molar-refractivity contribution in [2.75, 3.05) is 13.7 Å². The summed E-state index contributed by atoms with van der Waals surface area (Å²) in [5.74, 6) is -0.622.